The minimum absolute atomic E-state index is 0.0778. The molecule has 2 N–H and O–H groups in total. The molecule has 0 atom stereocenters. The average Bonchev–Trinajstić information content (AvgIpc) is 2.29. The van der Waals surface area contributed by atoms with Crippen LogP contribution in [-0.2, 0) is 10.0 Å². The summed E-state index contributed by atoms with van der Waals surface area (Å²) in [5, 5.41) is 10.7. The SMILES string of the molecule is CCCN(N)S(=O)(=O)c1cccnc1[N+](=O)[O-]. The number of hydrogen-bond acceptors (Lipinski definition) is 6. The van der Waals surface area contributed by atoms with Gasteiger partial charge in [-0.3, -0.25) is 5.84 Å². The third kappa shape index (κ3) is 2.75. The maximum absolute atomic E-state index is 11.9. The van der Waals surface area contributed by atoms with Crippen LogP contribution in [0.1, 0.15) is 13.3 Å². The largest absolute Gasteiger partial charge is 0.383 e. The fourth-order valence-electron chi connectivity index (χ4n) is 1.19. The van der Waals surface area contributed by atoms with E-state index in [1.807, 2.05) is 0 Å². The number of rotatable bonds is 5. The van der Waals surface area contributed by atoms with Crippen molar-refractivity contribution >= 4 is 15.8 Å². The molecule has 0 saturated heterocycles. The van der Waals surface area contributed by atoms with Crippen molar-refractivity contribution in [1.82, 2.24) is 9.40 Å². The Morgan fingerprint density at radius 3 is 2.76 bits per heavy atom. The predicted molar refractivity (Wildman–Crippen MR) is 59.3 cm³/mol. The molecule has 1 aromatic heterocycles. The van der Waals surface area contributed by atoms with Gasteiger partial charge in [0.05, 0.1) is 0 Å². The topological polar surface area (TPSA) is 119 Å². The number of nitrogens with two attached hydrogens (primary N) is 1. The molecule has 0 spiro atoms. The van der Waals surface area contributed by atoms with E-state index in [0.29, 0.717) is 10.8 Å². The number of aromatic nitrogens is 1. The standard InChI is InChI=1S/C8H12N4O4S/c1-2-6-11(9)17(15,16)7-4-3-5-10-8(7)12(13)14/h3-5H,2,6,9H2,1H3. The predicted octanol–water partition coefficient (Wildman–Crippen LogP) is 0.264. The van der Waals surface area contributed by atoms with E-state index in [0.717, 1.165) is 12.3 Å². The van der Waals surface area contributed by atoms with Crippen molar-refractivity contribution in [2.24, 2.45) is 5.84 Å². The minimum Gasteiger partial charge on any atom is -0.358 e. The molecule has 0 aliphatic heterocycles. The van der Waals surface area contributed by atoms with Crippen LogP contribution in [0.4, 0.5) is 5.82 Å². The van der Waals surface area contributed by atoms with Gasteiger partial charge in [0, 0.05) is 6.54 Å². The van der Waals surface area contributed by atoms with E-state index in [9.17, 15) is 18.5 Å². The molecule has 0 aliphatic carbocycles. The summed E-state index contributed by atoms with van der Waals surface area (Å²) < 4.78 is 24.4. The lowest BCUT2D eigenvalue weighted by Crippen LogP contribution is -2.38. The molecule has 8 nitrogen and oxygen atoms in total. The first-order valence-corrected chi connectivity index (χ1v) is 6.22. The van der Waals surface area contributed by atoms with Gasteiger partial charge in [-0.25, -0.2) is 8.42 Å². The molecule has 0 saturated carbocycles. The molecule has 1 rings (SSSR count). The molecule has 94 valence electrons. The van der Waals surface area contributed by atoms with E-state index >= 15 is 0 Å². The zero-order valence-corrected chi connectivity index (χ0v) is 9.92. The van der Waals surface area contributed by atoms with E-state index in [4.69, 9.17) is 5.84 Å². The average molecular weight is 260 g/mol. The smallest absolute Gasteiger partial charge is 0.358 e. The second-order valence-corrected chi connectivity index (χ2v) is 5.06. The third-order valence-corrected chi connectivity index (χ3v) is 3.63. The molecule has 1 heterocycles. The molecule has 1 aromatic rings. The highest BCUT2D eigenvalue weighted by Gasteiger charge is 2.30. The van der Waals surface area contributed by atoms with E-state index in [-0.39, 0.29) is 6.54 Å². The number of hydrazine groups is 1. The summed E-state index contributed by atoms with van der Waals surface area (Å²) in [6, 6.07) is 2.41. The van der Waals surface area contributed by atoms with Crippen LogP contribution in [0.25, 0.3) is 0 Å². The number of sulfonamides is 1. The van der Waals surface area contributed by atoms with Crippen molar-refractivity contribution in [3.63, 3.8) is 0 Å². The molecule has 9 heteroatoms. The second kappa shape index (κ2) is 5.17. The molecule has 0 unspecified atom stereocenters. The molecule has 0 amide bonds. The van der Waals surface area contributed by atoms with Crippen molar-refractivity contribution in [1.29, 1.82) is 0 Å². The van der Waals surface area contributed by atoms with Crippen molar-refractivity contribution < 1.29 is 13.3 Å². The number of nitrogens with zero attached hydrogens (tertiary/aromatic N) is 3. The maximum atomic E-state index is 11.9. The Morgan fingerprint density at radius 1 is 1.59 bits per heavy atom. The van der Waals surface area contributed by atoms with Gasteiger partial charge >= 0.3 is 5.82 Å². The summed E-state index contributed by atoms with van der Waals surface area (Å²) in [7, 11) is -4.07. The van der Waals surface area contributed by atoms with Gasteiger partial charge < -0.3 is 10.1 Å². The number of nitro groups is 1. The van der Waals surface area contributed by atoms with Gasteiger partial charge in [-0.1, -0.05) is 6.92 Å². The van der Waals surface area contributed by atoms with Gasteiger partial charge in [0.15, 0.2) is 4.90 Å². The lowest BCUT2D eigenvalue weighted by Gasteiger charge is -2.14. The monoisotopic (exact) mass is 260 g/mol. The molecule has 17 heavy (non-hydrogen) atoms. The molecule has 0 bridgehead atoms. The first kappa shape index (κ1) is 13.5. The number of pyridine rings is 1. The van der Waals surface area contributed by atoms with Crippen LogP contribution in [0.5, 0.6) is 0 Å². The van der Waals surface area contributed by atoms with Gasteiger partial charge in [0.1, 0.15) is 6.20 Å². The summed E-state index contributed by atoms with van der Waals surface area (Å²) in [6.07, 6.45) is 1.65. The zero-order valence-electron chi connectivity index (χ0n) is 9.11. The molecule has 0 aliphatic rings. The van der Waals surface area contributed by atoms with Crippen LogP contribution < -0.4 is 5.84 Å². The van der Waals surface area contributed by atoms with Gasteiger partial charge in [0.2, 0.25) is 0 Å². The lowest BCUT2D eigenvalue weighted by atomic mass is 10.5. The van der Waals surface area contributed by atoms with Crippen molar-refractivity contribution in [3.05, 3.63) is 28.4 Å². The highest BCUT2D eigenvalue weighted by atomic mass is 32.2. The third-order valence-electron chi connectivity index (χ3n) is 1.95. The van der Waals surface area contributed by atoms with Crippen molar-refractivity contribution in [2.45, 2.75) is 18.2 Å². The molecular weight excluding hydrogens is 248 g/mol. The normalized spacial score (nSPS) is 11.7. The van der Waals surface area contributed by atoms with Crippen molar-refractivity contribution in [2.75, 3.05) is 6.54 Å². The Hall–Kier alpha value is -1.58. The fraction of sp³-hybridized carbons (Fsp3) is 0.375. The quantitative estimate of drug-likeness (QED) is 0.460. The minimum atomic E-state index is -4.07. The van der Waals surface area contributed by atoms with Crippen LogP contribution in [0.15, 0.2) is 23.2 Å². The Labute approximate surface area is 98.2 Å². The Morgan fingerprint density at radius 2 is 2.24 bits per heavy atom. The highest BCUT2D eigenvalue weighted by Crippen LogP contribution is 2.22. The fourth-order valence-corrected chi connectivity index (χ4v) is 2.47. The van der Waals surface area contributed by atoms with Gasteiger partial charge in [0.25, 0.3) is 10.0 Å². The van der Waals surface area contributed by atoms with Crippen LogP contribution in [0.2, 0.25) is 0 Å². The van der Waals surface area contributed by atoms with Gasteiger partial charge in [-0.05, 0) is 28.5 Å². The van der Waals surface area contributed by atoms with Gasteiger partial charge in [-0.15, -0.1) is 4.41 Å². The van der Waals surface area contributed by atoms with E-state index in [1.165, 1.54) is 6.07 Å². The molecular formula is C8H12N4O4S. The summed E-state index contributed by atoms with van der Waals surface area (Å²) in [6.45, 7) is 1.82. The summed E-state index contributed by atoms with van der Waals surface area (Å²) >= 11 is 0. The zero-order chi connectivity index (χ0) is 13.1. The summed E-state index contributed by atoms with van der Waals surface area (Å²) in [4.78, 5) is 12.7. The molecule has 0 fully saturated rings. The Kier molecular flexibility index (Phi) is 4.10. The Balaban J connectivity index is 3.29. The lowest BCUT2D eigenvalue weighted by molar-refractivity contribution is -0.392. The van der Waals surface area contributed by atoms with Crippen molar-refractivity contribution in [3.8, 4) is 0 Å². The van der Waals surface area contributed by atoms with Crippen LogP contribution >= 0.6 is 0 Å². The maximum Gasteiger partial charge on any atom is 0.383 e. The van der Waals surface area contributed by atoms with Crippen LogP contribution in [0, 0.1) is 10.1 Å². The molecule has 0 radical (unpaired) electrons. The van der Waals surface area contributed by atoms with Crippen LogP contribution in [-0.4, -0.2) is 29.3 Å². The van der Waals surface area contributed by atoms with Gasteiger partial charge in [-0.2, -0.15) is 0 Å². The van der Waals surface area contributed by atoms with E-state index < -0.39 is 25.7 Å². The highest BCUT2D eigenvalue weighted by molar-refractivity contribution is 7.89. The first-order chi connectivity index (χ1) is 7.91. The number of hydrogen-bond donors (Lipinski definition) is 1. The van der Waals surface area contributed by atoms with E-state index in [1.54, 1.807) is 6.92 Å². The second-order valence-electron chi connectivity index (χ2n) is 3.20. The Bertz CT molecular complexity index is 516. The van der Waals surface area contributed by atoms with E-state index in [2.05, 4.69) is 4.98 Å². The van der Waals surface area contributed by atoms with Crippen LogP contribution in [0.3, 0.4) is 0 Å². The summed E-state index contributed by atoms with van der Waals surface area (Å²) in [5.41, 5.74) is 0. The summed E-state index contributed by atoms with van der Waals surface area (Å²) in [5.74, 6) is 4.63. The first-order valence-electron chi connectivity index (χ1n) is 4.78. The molecule has 0 aromatic carbocycles.